The lowest BCUT2D eigenvalue weighted by Crippen LogP contribution is -2.27. The van der Waals surface area contributed by atoms with Gasteiger partial charge in [0.15, 0.2) is 4.32 Å². The number of thioether (sulfide) groups is 1. The summed E-state index contributed by atoms with van der Waals surface area (Å²) in [5, 5.41) is 2.17. The number of thiocarbonyl (C=S) groups is 1. The van der Waals surface area contributed by atoms with Gasteiger partial charge < -0.3 is 4.74 Å². The number of hydrogen-bond acceptors (Lipinski definition) is 4. The third kappa shape index (κ3) is 3.93. The Labute approximate surface area is 180 Å². The molecule has 0 aliphatic carbocycles. The van der Waals surface area contributed by atoms with E-state index < -0.39 is 0 Å². The van der Waals surface area contributed by atoms with Crippen molar-refractivity contribution in [3.63, 3.8) is 0 Å². The third-order valence-electron chi connectivity index (χ3n) is 4.75. The molecule has 0 aromatic heterocycles. The van der Waals surface area contributed by atoms with Gasteiger partial charge in [0.05, 0.1) is 17.2 Å². The standard InChI is InChI=1S/C24H21NO2S2/c1-3-14-27-21-13-10-17-6-4-5-7-19(17)20(21)15-22-23(26)25(24(28)29-22)18-11-8-16(2)9-12-18/h4-13,15H,3,14H2,1-2H3/b22-15+. The summed E-state index contributed by atoms with van der Waals surface area (Å²) in [6.45, 7) is 4.73. The second-order valence-corrected chi connectivity index (χ2v) is 8.58. The quantitative estimate of drug-likeness (QED) is 0.356. The highest BCUT2D eigenvalue weighted by atomic mass is 32.2. The normalized spacial score (nSPS) is 15.5. The predicted octanol–water partition coefficient (Wildman–Crippen LogP) is 6.34. The van der Waals surface area contributed by atoms with E-state index in [2.05, 4.69) is 25.1 Å². The summed E-state index contributed by atoms with van der Waals surface area (Å²) in [5.41, 5.74) is 2.85. The van der Waals surface area contributed by atoms with E-state index in [1.54, 1.807) is 4.90 Å². The van der Waals surface area contributed by atoms with Crippen LogP contribution in [0.4, 0.5) is 5.69 Å². The van der Waals surface area contributed by atoms with E-state index in [-0.39, 0.29) is 5.91 Å². The van der Waals surface area contributed by atoms with E-state index in [1.165, 1.54) is 11.8 Å². The summed E-state index contributed by atoms with van der Waals surface area (Å²) in [6, 6.07) is 20.0. The Kier molecular flexibility index (Phi) is 5.69. The average Bonchev–Trinajstić information content (AvgIpc) is 3.01. The minimum Gasteiger partial charge on any atom is -0.493 e. The molecule has 1 aliphatic heterocycles. The molecule has 29 heavy (non-hydrogen) atoms. The number of rotatable bonds is 5. The van der Waals surface area contributed by atoms with E-state index in [0.29, 0.717) is 15.8 Å². The van der Waals surface area contributed by atoms with Crippen molar-refractivity contribution < 1.29 is 9.53 Å². The molecule has 0 spiro atoms. The van der Waals surface area contributed by atoms with Crippen LogP contribution >= 0.6 is 24.0 Å². The van der Waals surface area contributed by atoms with Gasteiger partial charge in [-0.05, 0) is 48.4 Å². The number of fused-ring (bicyclic) bond motifs is 1. The van der Waals surface area contributed by atoms with Gasteiger partial charge in [0.25, 0.3) is 5.91 Å². The molecular weight excluding hydrogens is 398 g/mol. The minimum absolute atomic E-state index is 0.0989. The molecule has 5 heteroatoms. The maximum atomic E-state index is 13.2. The first kappa shape index (κ1) is 19.7. The molecule has 3 aromatic carbocycles. The van der Waals surface area contributed by atoms with Crippen molar-refractivity contribution in [1.29, 1.82) is 0 Å². The highest BCUT2D eigenvalue weighted by Crippen LogP contribution is 2.39. The smallest absolute Gasteiger partial charge is 0.270 e. The molecule has 1 heterocycles. The SMILES string of the molecule is CCCOc1ccc2ccccc2c1/C=C1/SC(=S)N(c2ccc(C)cc2)C1=O. The number of hydrogen-bond donors (Lipinski definition) is 0. The molecule has 1 aliphatic rings. The summed E-state index contributed by atoms with van der Waals surface area (Å²) in [5.74, 6) is 0.685. The highest BCUT2D eigenvalue weighted by molar-refractivity contribution is 8.27. The zero-order valence-electron chi connectivity index (χ0n) is 16.3. The Morgan fingerprint density at radius 2 is 1.83 bits per heavy atom. The fourth-order valence-corrected chi connectivity index (χ4v) is 4.56. The fourth-order valence-electron chi connectivity index (χ4n) is 3.28. The minimum atomic E-state index is -0.0989. The van der Waals surface area contributed by atoms with Crippen LogP contribution in [0.5, 0.6) is 5.75 Å². The molecule has 0 saturated carbocycles. The lowest BCUT2D eigenvalue weighted by Gasteiger charge is -2.14. The number of amides is 1. The van der Waals surface area contributed by atoms with Crippen LogP contribution < -0.4 is 9.64 Å². The van der Waals surface area contributed by atoms with Crippen LogP contribution in [-0.2, 0) is 4.79 Å². The lowest BCUT2D eigenvalue weighted by atomic mass is 10.0. The number of nitrogens with zero attached hydrogens (tertiary/aromatic N) is 1. The monoisotopic (exact) mass is 419 g/mol. The zero-order chi connectivity index (χ0) is 20.4. The van der Waals surface area contributed by atoms with E-state index in [4.69, 9.17) is 17.0 Å². The fraction of sp³-hybridized carbons (Fsp3) is 0.167. The number of aryl methyl sites for hydroxylation is 1. The second-order valence-electron chi connectivity index (χ2n) is 6.90. The van der Waals surface area contributed by atoms with Gasteiger partial charge in [0, 0.05) is 5.56 Å². The summed E-state index contributed by atoms with van der Waals surface area (Å²) in [6.07, 6.45) is 2.84. The van der Waals surface area contributed by atoms with Crippen molar-refractivity contribution in [2.24, 2.45) is 0 Å². The third-order valence-corrected chi connectivity index (χ3v) is 6.06. The largest absolute Gasteiger partial charge is 0.493 e. The Hall–Kier alpha value is -2.63. The van der Waals surface area contributed by atoms with E-state index in [9.17, 15) is 4.79 Å². The number of benzene rings is 3. The van der Waals surface area contributed by atoms with E-state index in [1.807, 2.05) is 55.5 Å². The molecule has 3 aromatic rings. The number of carbonyl (C=O) groups is 1. The number of ether oxygens (including phenoxy) is 1. The Bertz CT molecular complexity index is 1120. The van der Waals surface area contributed by atoms with Gasteiger partial charge >= 0.3 is 0 Å². The molecule has 0 bridgehead atoms. The van der Waals surface area contributed by atoms with Crippen LogP contribution in [0, 0.1) is 6.92 Å². The van der Waals surface area contributed by atoms with Gasteiger partial charge in [-0.15, -0.1) is 0 Å². The first-order chi connectivity index (χ1) is 14.1. The van der Waals surface area contributed by atoms with Crippen LogP contribution in [-0.4, -0.2) is 16.8 Å². The van der Waals surface area contributed by atoms with Gasteiger partial charge in [0.1, 0.15) is 5.75 Å². The topological polar surface area (TPSA) is 29.5 Å². The van der Waals surface area contributed by atoms with Crippen molar-refractivity contribution in [2.45, 2.75) is 20.3 Å². The average molecular weight is 420 g/mol. The maximum Gasteiger partial charge on any atom is 0.270 e. The van der Waals surface area contributed by atoms with Crippen molar-refractivity contribution in [3.05, 3.63) is 76.7 Å². The number of anilines is 1. The molecule has 4 rings (SSSR count). The first-order valence-electron chi connectivity index (χ1n) is 9.57. The Balaban J connectivity index is 1.77. The van der Waals surface area contributed by atoms with Gasteiger partial charge in [0.2, 0.25) is 0 Å². The van der Waals surface area contributed by atoms with Crippen LogP contribution in [0.3, 0.4) is 0 Å². The molecule has 3 nitrogen and oxygen atoms in total. The van der Waals surface area contributed by atoms with Crippen molar-refractivity contribution in [1.82, 2.24) is 0 Å². The van der Waals surface area contributed by atoms with Gasteiger partial charge in [-0.3, -0.25) is 9.69 Å². The molecule has 0 unspecified atom stereocenters. The van der Waals surface area contributed by atoms with Gasteiger partial charge in [-0.2, -0.15) is 0 Å². The summed E-state index contributed by atoms with van der Waals surface area (Å²) < 4.78 is 6.52. The van der Waals surface area contributed by atoms with Crippen LogP contribution in [0.25, 0.3) is 16.8 Å². The molecule has 0 atom stereocenters. The summed E-state index contributed by atoms with van der Waals surface area (Å²) in [7, 11) is 0. The molecule has 0 radical (unpaired) electrons. The van der Waals surface area contributed by atoms with Crippen molar-refractivity contribution >= 4 is 56.7 Å². The van der Waals surface area contributed by atoms with Crippen LogP contribution in [0.15, 0.2) is 65.6 Å². The highest BCUT2D eigenvalue weighted by Gasteiger charge is 2.33. The van der Waals surface area contributed by atoms with Crippen LogP contribution in [0.1, 0.15) is 24.5 Å². The van der Waals surface area contributed by atoms with Crippen molar-refractivity contribution in [2.75, 3.05) is 11.5 Å². The summed E-state index contributed by atoms with van der Waals surface area (Å²) in [4.78, 5) is 15.4. The van der Waals surface area contributed by atoms with Gasteiger partial charge in [-0.1, -0.05) is 78.9 Å². The van der Waals surface area contributed by atoms with E-state index >= 15 is 0 Å². The predicted molar refractivity (Wildman–Crippen MR) is 127 cm³/mol. The maximum absolute atomic E-state index is 13.2. The molecule has 1 amide bonds. The van der Waals surface area contributed by atoms with E-state index in [0.717, 1.165) is 39.8 Å². The van der Waals surface area contributed by atoms with Crippen LogP contribution in [0.2, 0.25) is 0 Å². The lowest BCUT2D eigenvalue weighted by molar-refractivity contribution is -0.113. The van der Waals surface area contributed by atoms with Gasteiger partial charge in [-0.25, -0.2) is 0 Å². The molecular formula is C24H21NO2S2. The number of carbonyl (C=O) groups excluding carboxylic acids is 1. The Morgan fingerprint density at radius 3 is 2.59 bits per heavy atom. The second kappa shape index (κ2) is 8.39. The molecule has 146 valence electrons. The molecule has 1 fully saturated rings. The first-order valence-corrected chi connectivity index (χ1v) is 10.8. The molecule has 1 saturated heterocycles. The molecule has 0 N–H and O–H groups in total. The Morgan fingerprint density at radius 1 is 1.07 bits per heavy atom. The van der Waals surface area contributed by atoms with Crippen molar-refractivity contribution in [3.8, 4) is 5.75 Å². The summed E-state index contributed by atoms with van der Waals surface area (Å²) >= 11 is 6.85. The zero-order valence-corrected chi connectivity index (χ0v) is 18.0.